The van der Waals surface area contributed by atoms with Crippen molar-refractivity contribution in [3.05, 3.63) is 30.1 Å². The number of amides is 1. The summed E-state index contributed by atoms with van der Waals surface area (Å²) in [4.78, 5) is 21.7. The number of benzene rings is 1. The molecule has 0 bridgehead atoms. The molecule has 1 amide bonds. The van der Waals surface area contributed by atoms with Crippen LogP contribution in [0.1, 0.15) is 31.5 Å². The number of fused-ring (bicyclic) bond motifs is 1. The normalized spacial score (nSPS) is 18.8. The largest absolute Gasteiger partial charge is 0.378 e. The monoisotopic (exact) mass is 287 g/mol. The molecule has 2 aromatic rings. The minimum absolute atomic E-state index is 0.0874. The number of H-pyrrole nitrogens is 1. The van der Waals surface area contributed by atoms with E-state index in [2.05, 4.69) is 9.97 Å². The van der Waals surface area contributed by atoms with Gasteiger partial charge in [0.05, 0.1) is 30.1 Å². The molecule has 1 N–H and O–H groups in total. The topological polar surface area (TPSA) is 58.2 Å². The van der Waals surface area contributed by atoms with Crippen molar-refractivity contribution in [1.82, 2.24) is 14.9 Å². The average molecular weight is 287 g/mol. The summed E-state index contributed by atoms with van der Waals surface area (Å²) in [5.74, 6) is 0.930. The van der Waals surface area contributed by atoms with Crippen LogP contribution in [0.4, 0.5) is 0 Å². The summed E-state index contributed by atoms with van der Waals surface area (Å²) in [6.45, 7) is 1.28. The molecule has 1 aliphatic heterocycles. The van der Waals surface area contributed by atoms with Crippen molar-refractivity contribution in [3.63, 3.8) is 0 Å². The van der Waals surface area contributed by atoms with Crippen LogP contribution in [-0.2, 0) is 16.1 Å². The van der Waals surface area contributed by atoms with Gasteiger partial charge in [0.2, 0.25) is 5.91 Å². The predicted molar refractivity (Wildman–Crippen MR) is 80.8 cm³/mol. The second kappa shape index (κ2) is 6.26. The highest BCUT2D eigenvalue weighted by Crippen LogP contribution is 2.17. The standard InChI is InChI=1S/C16H21N3O2/c1-19(16(20)10-12-6-4-5-9-21-12)11-15-17-13-7-2-3-8-14(13)18-15/h2-3,7-8,12H,4-6,9-11H2,1H3,(H,17,18)/t12-/m1/s1. The van der Waals surface area contributed by atoms with E-state index < -0.39 is 0 Å². The second-order valence-corrected chi connectivity index (χ2v) is 5.64. The van der Waals surface area contributed by atoms with Crippen LogP contribution in [0.25, 0.3) is 11.0 Å². The van der Waals surface area contributed by atoms with E-state index in [9.17, 15) is 4.79 Å². The Labute approximate surface area is 124 Å². The lowest BCUT2D eigenvalue weighted by molar-refractivity contribution is -0.134. The fourth-order valence-corrected chi connectivity index (χ4v) is 2.71. The summed E-state index contributed by atoms with van der Waals surface area (Å²) in [7, 11) is 1.82. The molecule has 112 valence electrons. The first-order chi connectivity index (χ1) is 10.2. The SMILES string of the molecule is CN(Cc1nc2ccccc2[nH]1)C(=O)C[C@H]1CCCCO1. The molecule has 0 spiro atoms. The zero-order valence-electron chi connectivity index (χ0n) is 12.3. The quantitative estimate of drug-likeness (QED) is 0.940. The van der Waals surface area contributed by atoms with Crippen molar-refractivity contribution in [2.45, 2.75) is 38.3 Å². The molecule has 3 rings (SSSR count). The molecule has 1 aliphatic rings. The summed E-state index contributed by atoms with van der Waals surface area (Å²) < 4.78 is 5.63. The minimum atomic E-state index is 0.0874. The number of carbonyl (C=O) groups excluding carboxylic acids is 1. The molecule has 0 aliphatic carbocycles. The summed E-state index contributed by atoms with van der Waals surface area (Å²) in [6, 6.07) is 7.89. The maximum Gasteiger partial charge on any atom is 0.225 e. The second-order valence-electron chi connectivity index (χ2n) is 5.64. The Bertz CT molecular complexity index is 584. The molecule has 0 saturated carbocycles. The smallest absolute Gasteiger partial charge is 0.225 e. The molecular formula is C16H21N3O2. The van der Waals surface area contributed by atoms with Crippen molar-refractivity contribution in [2.24, 2.45) is 0 Å². The van der Waals surface area contributed by atoms with Gasteiger partial charge in [0.15, 0.2) is 0 Å². The molecule has 0 unspecified atom stereocenters. The number of carbonyl (C=O) groups is 1. The van der Waals surface area contributed by atoms with Gasteiger partial charge in [0.1, 0.15) is 5.82 Å². The van der Waals surface area contributed by atoms with Crippen molar-refractivity contribution in [1.29, 1.82) is 0 Å². The van der Waals surface area contributed by atoms with Gasteiger partial charge in [-0.25, -0.2) is 4.98 Å². The molecule has 5 heteroatoms. The van der Waals surface area contributed by atoms with Crippen LogP contribution in [0.3, 0.4) is 0 Å². The third-order valence-electron chi connectivity index (χ3n) is 3.93. The minimum Gasteiger partial charge on any atom is -0.378 e. The number of rotatable bonds is 4. The van der Waals surface area contributed by atoms with E-state index in [0.29, 0.717) is 13.0 Å². The number of para-hydroxylation sites is 2. The molecule has 1 fully saturated rings. The van der Waals surface area contributed by atoms with Crippen molar-refractivity contribution in [2.75, 3.05) is 13.7 Å². The lowest BCUT2D eigenvalue weighted by Crippen LogP contribution is -2.32. The highest BCUT2D eigenvalue weighted by atomic mass is 16.5. The molecule has 2 heterocycles. The van der Waals surface area contributed by atoms with Gasteiger partial charge in [-0.15, -0.1) is 0 Å². The average Bonchev–Trinajstić information content (AvgIpc) is 2.90. The number of hydrogen-bond donors (Lipinski definition) is 1. The molecule has 1 atom stereocenters. The van der Waals surface area contributed by atoms with Gasteiger partial charge in [-0.1, -0.05) is 12.1 Å². The third kappa shape index (κ3) is 3.42. The summed E-state index contributed by atoms with van der Waals surface area (Å²) in [5, 5.41) is 0. The highest BCUT2D eigenvalue weighted by Gasteiger charge is 2.20. The fraction of sp³-hybridized carbons (Fsp3) is 0.500. The fourth-order valence-electron chi connectivity index (χ4n) is 2.71. The number of hydrogen-bond acceptors (Lipinski definition) is 3. The van der Waals surface area contributed by atoms with Gasteiger partial charge in [-0.2, -0.15) is 0 Å². The Hall–Kier alpha value is -1.88. The first-order valence-electron chi connectivity index (χ1n) is 7.51. The maximum atomic E-state index is 12.2. The van der Waals surface area contributed by atoms with Gasteiger partial charge < -0.3 is 14.6 Å². The Morgan fingerprint density at radius 3 is 3.05 bits per heavy atom. The summed E-state index contributed by atoms with van der Waals surface area (Å²) in [5.41, 5.74) is 1.94. The van der Waals surface area contributed by atoms with E-state index in [1.807, 2.05) is 31.3 Å². The number of imidazole rings is 1. The number of nitrogens with one attached hydrogen (secondary N) is 1. The number of nitrogens with zero attached hydrogens (tertiary/aromatic N) is 2. The van der Waals surface area contributed by atoms with Crippen LogP contribution in [0.2, 0.25) is 0 Å². The third-order valence-corrected chi connectivity index (χ3v) is 3.93. The zero-order valence-corrected chi connectivity index (χ0v) is 12.3. The van der Waals surface area contributed by atoms with Crippen LogP contribution in [0.5, 0.6) is 0 Å². The van der Waals surface area contributed by atoms with E-state index in [1.165, 1.54) is 0 Å². The Morgan fingerprint density at radius 2 is 2.29 bits per heavy atom. The van der Waals surface area contributed by atoms with Gasteiger partial charge in [-0.05, 0) is 31.4 Å². The van der Waals surface area contributed by atoms with Gasteiger partial charge in [0.25, 0.3) is 0 Å². The number of aromatic amines is 1. The maximum absolute atomic E-state index is 12.2. The summed E-state index contributed by atoms with van der Waals surface area (Å²) >= 11 is 0. The first kappa shape index (κ1) is 14.1. The number of ether oxygens (including phenoxy) is 1. The molecule has 21 heavy (non-hydrogen) atoms. The van der Waals surface area contributed by atoms with Crippen molar-refractivity contribution >= 4 is 16.9 Å². The molecule has 1 saturated heterocycles. The van der Waals surface area contributed by atoms with E-state index in [4.69, 9.17) is 4.74 Å². The van der Waals surface area contributed by atoms with Gasteiger partial charge >= 0.3 is 0 Å². The van der Waals surface area contributed by atoms with Gasteiger partial charge in [-0.3, -0.25) is 4.79 Å². The number of aromatic nitrogens is 2. The molecule has 1 aromatic carbocycles. The van der Waals surface area contributed by atoms with Crippen LogP contribution in [-0.4, -0.2) is 40.5 Å². The van der Waals surface area contributed by atoms with E-state index in [0.717, 1.165) is 42.7 Å². The van der Waals surface area contributed by atoms with E-state index in [1.54, 1.807) is 4.90 Å². The Morgan fingerprint density at radius 1 is 1.43 bits per heavy atom. The molecular weight excluding hydrogens is 266 g/mol. The van der Waals surface area contributed by atoms with Gasteiger partial charge in [0, 0.05) is 13.7 Å². The first-order valence-corrected chi connectivity index (χ1v) is 7.51. The molecule has 0 radical (unpaired) electrons. The molecule has 1 aromatic heterocycles. The highest BCUT2D eigenvalue weighted by molar-refractivity contribution is 5.77. The summed E-state index contributed by atoms with van der Waals surface area (Å²) in [6.07, 6.45) is 3.82. The lowest BCUT2D eigenvalue weighted by atomic mass is 10.1. The lowest BCUT2D eigenvalue weighted by Gasteiger charge is -2.24. The van der Waals surface area contributed by atoms with Crippen LogP contribution in [0.15, 0.2) is 24.3 Å². The van der Waals surface area contributed by atoms with Crippen molar-refractivity contribution < 1.29 is 9.53 Å². The van der Waals surface area contributed by atoms with Crippen LogP contribution >= 0.6 is 0 Å². The zero-order chi connectivity index (χ0) is 14.7. The Kier molecular flexibility index (Phi) is 4.20. The van der Waals surface area contributed by atoms with E-state index in [-0.39, 0.29) is 12.0 Å². The van der Waals surface area contributed by atoms with Crippen molar-refractivity contribution in [3.8, 4) is 0 Å². The van der Waals surface area contributed by atoms with Crippen LogP contribution < -0.4 is 0 Å². The van der Waals surface area contributed by atoms with E-state index >= 15 is 0 Å². The predicted octanol–water partition coefficient (Wildman–Crippen LogP) is 2.48. The molecule has 5 nitrogen and oxygen atoms in total. The Balaban J connectivity index is 1.59. The van der Waals surface area contributed by atoms with Crippen LogP contribution in [0, 0.1) is 0 Å².